The van der Waals surface area contributed by atoms with Crippen LogP contribution in [0.3, 0.4) is 0 Å². The third-order valence-corrected chi connectivity index (χ3v) is 5.36. The van der Waals surface area contributed by atoms with E-state index in [9.17, 15) is 43.5 Å². The summed E-state index contributed by atoms with van der Waals surface area (Å²) in [6, 6.07) is -4.54. The van der Waals surface area contributed by atoms with Gasteiger partial charge in [-0.3, -0.25) is 44.1 Å². The van der Waals surface area contributed by atoms with Crippen LogP contribution in [0.2, 0.25) is 0 Å². The van der Waals surface area contributed by atoms with Gasteiger partial charge in [-0.25, -0.2) is 14.6 Å². The monoisotopic (exact) mass is 641 g/mol. The van der Waals surface area contributed by atoms with Crippen molar-refractivity contribution < 1.29 is 48.9 Å². The fourth-order valence-electron chi connectivity index (χ4n) is 3.35. The van der Waals surface area contributed by atoms with Crippen LogP contribution in [0.5, 0.6) is 0 Å². The lowest BCUT2D eigenvalue weighted by Crippen LogP contribution is -2.56. The third kappa shape index (κ3) is 15.3. The summed E-state index contributed by atoms with van der Waals surface area (Å²) in [6.45, 7) is -0.884. The van der Waals surface area contributed by atoms with Crippen LogP contribution in [-0.2, 0) is 28.8 Å². The Morgan fingerprint density at radius 2 is 1.56 bits per heavy atom. The van der Waals surface area contributed by atoms with Gasteiger partial charge in [0.1, 0.15) is 18.1 Å². The average Bonchev–Trinajstić information content (AvgIpc) is 2.93. The minimum absolute atomic E-state index is 0.0314. The maximum Gasteiger partial charge on any atom is 0.328 e. The highest BCUT2D eigenvalue weighted by atomic mass is 16.4. The van der Waals surface area contributed by atoms with Crippen molar-refractivity contribution in [3.8, 4) is 0 Å². The van der Waals surface area contributed by atoms with E-state index in [2.05, 4.69) is 36.2 Å². The number of rotatable bonds is 18. The number of aliphatic hydroxyl groups excluding tert-OH is 1. The number of aliphatic hydroxyl groups is 1. The molecule has 1 aromatic rings. The predicted octanol–water partition coefficient (Wildman–Crippen LogP) is -5.62. The summed E-state index contributed by atoms with van der Waals surface area (Å²) < 4.78 is 0. The van der Waals surface area contributed by atoms with E-state index in [1.165, 1.54) is 13.0 Å². The van der Waals surface area contributed by atoms with Gasteiger partial charge in [0.2, 0.25) is 29.6 Å². The van der Waals surface area contributed by atoms with E-state index in [1.807, 2.05) is 10.6 Å². The van der Waals surface area contributed by atoms with Gasteiger partial charge < -0.3 is 53.4 Å². The number of aliphatic carboxylic acids is 2. The van der Waals surface area contributed by atoms with Crippen molar-refractivity contribution >= 4 is 53.5 Å². The topological polar surface area (TPSA) is 363 Å². The van der Waals surface area contributed by atoms with Crippen LogP contribution >= 0.6 is 0 Å². The van der Waals surface area contributed by atoms with Crippen LogP contribution in [0, 0.1) is 6.92 Å². The van der Waals surface area contributed by atoms with Crippen LogP contribution in [-0.4, -0.2) is 117 Å². The molecule has 0 aliphatic heterocycles. The highest BCUT2D eigenvalue weighted by molar-refractivity contribution is 5.96. The number of amides is 6. The van der Waals surface area contributed by atoms with Gasteiger partial charge in [0.05, 0.1) is 26.1 Å². The summed E-state index contributed by atoms with van der Waals surface area (Å²) in [4.78, 5) is 106. The lowest BCUT2D eigenvalue weighted by Gasteiger charge is -2.22. The van der Waals surface area contributed by atoms with Gasteiger partial charge in [-0.2, -0.15) is 0 Å². The molecule has 0 bridgehead atoms. The zero-order valence-corrected chi connectivity index (χ0v) is 23.9. The normalized spacial score (nSPS) is 12.3. The molecule has 0 saturated carbocycles. The van der Waals surface area contributed by atoms with E-state index < -0.39 is 91.4 Å². The van der Waals surface area contributed by atoms with E-state index in [4.69, 9.17) is 21.7 Å². The Kier molecular flexibility index (Phi) is 15.5. The number of aromatic amines is 1. The van der Waals surface area contributed by atoms with Crippen LogP contribution in [0.1, 0.15) is 25.0 Å². The molecule has 0 aromatic carbocycles. The van der Waals surface area contributed by atoms with Crippen LogP contribution in [0.25, 0.3) is 0 Å². The van der Waals surface area contributed by atoms with Crippen molar-refractivity contribution in [1.82, 2.24) is 36.6 Å². The fourth-order valence-corrected chi connectivity index (χ4v) is 3.35. The van der Waals surface area contributed by atoms with E-state index in [0.717, 1.165) is 0 Å². The molecule has 3 atom stereocenters. The first-order chi connectivity index (χ1) is 21.1. The van der Waals surface area contributed by atoms with E-state index in [1.54, 1.807) is 0 Å². The number of carboxylic acids is 2. The number of anilines is 1. The Morgan fingerprint density at radius 3 is 2.11 bits per heavy atom. The van der Waals surface area contributed by atoms with E-state index in [-0.39, 0.29) is 31.3 Å². The molecule has 22 heteroatoms. The lowest BCUT2D eigenvalue weighted by atomic mass is 10.1. The number of nitrogens with zero attached hydrogens (tertiary/aromatic N) is 2. The molecule has 0 aliphatic rings. The number of H-pyrrole nitrogens is 1. The van der Waals surface area contributed by atoms with Crippen LogP contribution < -0.4 is 48.9 Å². The first-order valence-corrected chi connectivity index (χ1v) is 13.0. The SMILES string of the molecule is Cc1cc(=O)[nH]c(NC(=O)NCC(=O)N[C@H](CCCN=C(N)N)C(=O)N[C@@H](CC(=O)O)C(=O)NCC(=O)N[C@@H](CO)C(=O)O)n1. The number of nitrogens with two attached hydrogens (primary N) is 2. The Balaban J connectivity index is 2.90. The van der Waals surface area contributed by atoms with Crippen molar-refractivity contribution in [3.05, 3.63) is 22.1 Å². The van der Waals surface area contributed by atoms with Gasteiger partial charge in [0.25, 0.3) is 5.56 Å². The Morgan fingerprint density at radius 1 is 0.933 bits per heavy atom. The second kappa shape index (κ2) is 18.7. The number of carbonyl (C=O) groups excluding carboxylic acids is 5. The number of carboxylic acid groups (broad SMARTS) is 2. The van der Waals surface area contributed by atoms with Gasteiger partial charge in [-0.1, -0.05) is 0 Å². The molecule has 0 fully saturated rings. The molecule has 0 aliphatic carbocycles. The number of carbonyl (C=O) groups is 7. The van der Waals surface area contributed by atoms with Gasteiger partial charge in [0.15, 0.2) is 5.96 Å². The standard InChI is InChI=1S/C23H35N11O11/c1-10-5-14(36)33-22(29-10)34-23(45)28-8-16(38)30-11(3-2-4-26-21(24)25)19(42)32-12(6-17(39)40)18(41)27-7-15(37)31-13(9-35)20(43)44/h5,11-13,35H,2-4,6-9H2,1H3,(H,27,41)(H,30,38)(H,31,37)(H,32,42)(H,39,40)(H,43,44)(H4,24,25,26)(H3,28,29,33,34,36,45)/t11-,12+,13+/m1/s1. The lowest BCUT2D eigenvalue weighted by molar-refractivity contribution is -0.143. The summed E-state index contributed by atoms with van der Waals surface area (Å²) in [5.74, 6) is -7.56. The minimum atomic E-state index is -1.75. The van der Waals surface area contributed by atoms with Crippen molar-refractivity contribution in [2.24, 2.45) is 16.5 Å². The summed E-state index contributed by atoms with van der Waals surface area (Å²) in [5, 5.41) is 40.0. The van der Waals surface area contributed by atoms with Crippen LogP contribution in [0.4, 0.5) is 10.7 Å². The van der Waals surface area contributed by atoms with Crippen molar-refractivity contribution in [3.63, 3.8) is 0 Å². The molecule has 6 amide bonds. The number of hydrogen-bond acceptors (Lipinski definition) is 11. The number of guanidine groups is 1. The average molecular weight is 642 g/mol. The first-order valence-electron chi connectivity index (χ1n) is 13.0. The molecule has 14 N–H and O–H groups in total. The molecular formula is C23H35N11O11. The van der Waals surface area contributed by atoms with Gasteiger partial charge in [0, 0.05) is 18.3 Å². The third-order valence-electron chi connectivity index (χ3n) is 5.36. The molecule has 45 heavy (non-hydrogen) atoms. The molecule has 22 nitrogen and oxygen atoms in total. The number of hydrogen-bond donors (Lipinski definition) is 12. The summed E-state index contributed by atoms with van der Waals surface area (Å²) in [7, 11) is 0. The highest BCUT2D eigenvalue weighted by Gasteiger charge is 2.29. The zero-order chi connectivity index (χ0) is 34.1. The number of aliphatic imine (C=N–C) groups is 1. The van der Waals surface area contributed by atoms with E-state index >= 15 is 0 Å². The van der Waals surface area contributed by atoms with Gasteiger partial charge in [-0.15, -0.1) is 0 Å². The number of aryl methyl sites for hydroxylation is 1. The Hall–Kier alpha value is -5.80. The largest absolute Gasteiger partial charge is 0.481 e. The second-order valence-corrected chi connectivity index (χ2v) is 9.13. The molecule has 1 aromatic heterocycles. The molecule has 0 radical (unpaired) electrons. The van der Waals surface area contributed by atoms with E-state index in [0.29, 0.717) is 5.69 Å². The molecule has 1 heterocycles. The van der Waals surface area contributed by atoms with Crippen molar-refractivity contribution in [2.75, 3.05) is 31.6 Å². The molecular weight excluding hydrogens is 606 g/mol. The minimum Gasteiger partial charge on any atom is -0.481 e. The molecule has 248 valence electrons. The maximum absolute atomic E-state index is 13.0. The van der Waals surface area contributed by atoms with Crippen LogP contribution in [0.15, 0.2) is 15.9 Å². The van der Waals surface area contributed by atoms with Crippen molar-refractivity contribution in [1.29, 1.82) is 0 Å². The smallest absolute Gasteiger partial charge is 0.328 e. The van der Waals surface area contributed by atoms with Gasteiger partial charge >= 0.3 is 18.0 Å². The number of nitrogens with one attached hydrogen (secondary N) is 7. The summed E-state index contributed by atoms with van der Waals surface area (Å²) in [6.07, 6.45) is -0.933. The second-order valence-electron chi connectivity index (χ2n) is 9.13. The maximum atomic E-state index is 13.0. The summed E-state index contributed by atoms with van der Waals surface area (Å²) in [5.41, 5.74) is 10.3. The summed E-state index contributed by atoms with van der Waals surface area (Å²) >= 11 is 0. The zero-order valence-electron chi connectivity index (χ0n) is 23.9. The predicted molar refractivity (Wildman–Crippen MR) is 152 cm³/mol. The Bertz CT molecular complexity index is 1340. The molecule has 0 saturated heterocycles. The highest BCUT2D eigenvalue weighted by Crippen LogP contribution is 2.02. The number of urea groups is 1. The van der Waals surface area contributed by atoms with Crippen molar-refractivity contribution in [2.45, 2.75) is 44.3 Å². The molecule has 0 spiro atoms. The molecule has 0 unspecified atom stereocenters. The first kappa shape index (κ1) is 37.2. The fraction of sp³-hybridized carbons (Fsp3) is 0.478. The number of aromatic nitrogens is 2. The quantitative estimate of drug-likeness (QED) is 0.0404. The Labute approximate surface area is 253 Å². The molecule has 1 rings (SSSR count). The van der Waals surface area contributed by atoms with Gasteiger partial charge in [-0.05, 0) is 19.8 Å².